The predicted molar refractivity (Wildman–Crippen MR) is 50.3 cm³/mol. The molecule has 13 heavy (non-hydrogen) atoms. The van der Waals surface area contributed by atoms with Crippen LogP contribution in [0.3, 0.4) is 0 Å². The highest BCUT2D eigenvalue weighted by atomic mass is 16.2. The number of aromatic nitrogens is 2. The van der Waals surface area contributed by atoms with Crippen molar-refractivity contribution in [2.45, 2.75) is 6.92 Å². The SMILES string of the molecule is CC=NN(C)c1cc(=O)[nH]c(=O)[nH]1. The summed E-state index contributed by atoms with van der Waals surface area (Å²) in [6.45, 7) is 1.74. The summed E-state index contributed by atoms with van der Waals surface area (Å²) in [5.41, 5.74) is -0.988. The van der Waals surface area contributed by atoms with E-state index >= 15 is 0 Å². The first-order chi connectivity index (χ1) is 6.13. The molecule has 6 nitrogen and oxygen atoms in total. The van der Waals surface area contributed by atoms with Gasteiger partial charge in [-0.05, 0) is 6.92 Å². The lowest BCUT2D eigenvalue weighted by Crippen LogP contribution is -2.25. The average molecular weight is 182 g/mol. The molecule has 1 heterocycles. The van der Waals surface area contributed by atoms with Crippen molar-refractivity contribution in [1.29, 1.82) is 0 Å². The number of hydrazone groups is 1. The molecule has 0 aromatic carbocycles. The monoisotopic (exact) mass is 182 g/mol. The fourth-order valence-electron chi connectivity index (χ4n) is 0.866. The molecule has 0 aliphatic rings. The lowest BCUT2D eigenvalue weighted by molar-refractivity contribution is 0.932. The van der Waals surface area contributed by atoms with Gasteiger partial charge >= 0.3 is 5.69 Å². The van der Waals surface area contributed by atoms with Crippen LogP contribution in [-0.2, 0) is 0 Å². The van der Waals surface area contributed by atoms with E-state index in [0.29, 0.717) is 5.82 Å². The minimum atomic E-state index is -0.541. The topological polar surface area (TPSA) is 81.3 Å². The van der Waals surface area contributed by atoms with E-state index in [-0.39, 0.29) is 0 Å². The Hall–Kier alpha value is -1.85. The van der Waals surface area contributed by atoms with E-state index in [9.17, 15) is 9.59 Å². The fourth-order valence-corrected chi connectivity index (χ4v) is 0.866. The predicted octanol–water partition coefficient (Wildman–Crippen LogP) is -0.495. The van der Waals surface area contributed by atoms with Crippen molar-refractivity contribution in [3.05, 3.63) is 26.9 Å². The van der Waals surface area contributed by atoms with Gasteiger partial charge < -0.3 is 0 Å². The Labute approximate surface area is 73.9 Å². The lowest BCUT2D eigenvalue weighted by atomic mass is 10.6. The van der Waals surface area contributed by atoms with Gasteiger partial charge in [0.15, 0.2) is 0 Å². The van der Waals surface area contributed by atoms with E-state index in [0.717, 1.165) is 0 Å². The number of anilines is 1. The minimum Gasteiger partial charge on any atom is -0.292 e. The summed E-state index contributed by atoms with van der Waals surface area (Å²) in [5.74, 6) is 0.354. The third-order valence-corrected chi connectivity index (χ3v) is 1.38. The summed E-state index contributed by atoms with van der Waals surface area (Å²) in [4.78, 5) is 26.2. The molecule has 2 N–H and O–H groups in total. The number of rotatable bonds is 2. The second kappa shape index (κ2) is 3.70. The molecular weight excluding hydrogens is 172 g/mol. The number of nitrogens with zero attached hydrogens (tertiary/aromatic N) is 2. The molecule has 70 valence electrons. The van der Waals surface area contributed by atoms with E-state index in [2.05, 4.69) is 15.1 Å². The maximum atomic E-state index is 10.9. The van der Waals surface area contributed by atoms with Crippen LogP contribution in [0.1, 0.15) is 6.92 Å². The second-order valence-electron chi connectivity index (χ2n) is 2.37. The molecule has 0 saturated carbocycles. The average Bonchev–Trinajstić information content (AvgIpc) is 2.03. The number of hydrogen-bond donors (Lipinski definition) is 2. The summed E-state index contributed by atoms with van der Waals surface area (Å²) < 4.78 is 0. The van der Waals surface area contributed by atoms with Crippen LogP contribution < -0.4 is 16.3 Å². The third-order valence-electron chi connectivity index (χ3n) is 1.38. The first-order valence-corrected chi connectivity index (χ1v) is 3.69. The molecule has 0 amide bonds. The van der Waals surface area contributed by atoms with Gasteiger partial charge in [0.05, 0.1) is 0 Å². The maximum absolute atomic E-state index is 10.9. The van der Waals surface area contributed by atoms with Gasteiger partial charge in [-0.1, -0.05) is 0 Å². The van der Waals surface area contributed by atoms with Crippen molar-refractivity contribution in [3.8, 4) is 0 Å². The first kappa shape index (κ1) is 9.24. The van der Waals surface area contributed by atoms with Crippen molar-refractivity contribution >= 4 is 12.0 Å². The van der Waals surface area contributed by atoms with E-state index in [4.69, 9.17) is 0 Å². The third kappa shape index (κ3) is 2.29. The van der Waals surface area contributed by atoms with Gasteiger partial charge in [-0.25, -0.2) is 4.79 Å². The van der Waals surface area contributed by atoms with Gasteiger partial charge in [0, 0.05) is 19.3 Å². The van der Waals surface area contributed by atoms with Crippen LogP contribution in [0.2, 0.25) is 0 Å². The second-order valence-corrected chi connectivity index (χ2v) is 2.37. The Balaban J connectivity index is 3.15. The van der Waals surface area contributed by atoms with Gasteiger partial charge in [0.25, 0.3) is 5.56 Å². The Morgan fingerprint density at radius 3 is 2.69 bits per heavy atom. The molecule has 0 spiro atoms. The minimum absolute atomic E-state index is 0.354. The van der Waals surface area contributed by atoms with Crippen LogP contribution in [0, 0.1) is 0 Å². The van der Waals surface area contributed by atoms with Crippen molar-refractivity contribution in [3.63, 3.8) is 0 Å². The van der Waals surface area contributed by atoms with Crippen molar-refractivity contribution in [2.75, 3.05) is 12.1 Å². The zero-order valence-electron chi connectivity index (χ0n) is 7.37. The molecule has 0 aliphatic heterocycles. The summed E-state index contributed by atoms with van der Waals surface area (Å²) in [5, 5.41) is 5.26. The number of nitrogens with one attached hydrogen (secondary N) is 2. The molecule has 0 fully saturated rings. The number of H-pyrrole nitrogens is 2. The molecule has 0 aliphatic carbocycles. The summed E-state index contributed by atoms with van der Waals surface area (Å²) in [6, 6.07) is 1.26. The Kier molecular flexibility index (Phi) is 2.63. The van der Waals surface area contributed by atoms with Crippen molar-refractivity contribution in [2.24, 2.45) is 5.10 Å². The van der Waals surface area contributed by atoms with Gasteiger partial charge in [0.2, 0.25) is 0 Å². The Morgan fingerprint density at radius 2 is 2.15 bits per heavy atom. The van der Waals surface area contributed by atoms with Crippen LogP contribution in [-0.4, -0.2) is 23.2 Å². The van der Waals surface area contributed by atoms with Crippen LogP contribution >= 0.6 is 0 Å². The summed E-state index contributed by atoms with van der Waals surface area (Å²) in [7, 11) is 1.63. The standard InChI is InChI=1S/C7H10N4O2/c1-3-8-11(2)5-4-6(12)10-7(13)9-5/h3-4H,1-2H3,(H2,9,10,12,13). The molecule has 1 rings (SSSR count). The van der Waals surface area contributed by atoms with Gasteiger partial charge in [-0.2, -0.15) is 5.10 Å². The van der Waals surface area contributed by atoms with Gasteiger partial charge in [0.1, 0.15) is 5.82 Å². The largest absolute Gasteiger partial charge is 0.327 e. The fraction of sp³-hybridized carbons (Fsp3) is 0.286. The molecule has 1 aromatic heterocycles. The smallest absolute Gasteiger partial charge is 0.292 e. The summed E-state index contributed by atoms with van der Waals surface area (Å²) in [6.07, 6.45) is 1.56. The van der Waals surface area contributed by atoms with E-state index in [1.165, 1.54) is 11.1 Å². The molecular formula is C7H10N4O2. The molecule has 0 atom stereocenters. The van der Waals surface area contributed by atoms with Crippen LogP contribution in [0.4, 0.5) is 5.82 Å². The van der Waals surface area contributed by atoms with Crippen LogP contribution in [0.5, 0.6) is 0 Å². The zero-order valence-corrected chi connectivity index (χ0v) is 7.37. The van der Waals surface area contributed by atoms with Crippen molar-refractivity contribution < 1.29 is 0 Å². The molecule has 6 heteroatoms. The number of hydrogen-bond acceptors (Lipinski definition) is 4. The highest BCUT2D eigenvalue weighted by molar-refractivity contribution is 5.55. The quantitative estimate of drug-likeness (QED) is 0.478. The first-order valence-electron chi connectivity index (χ1n) is 3.69. The molecule has 0 saturated heterocycles. The Morgan fingerprint density at radius 1 is 1.46 bits per heavy atom. The Bertz CT molecular complexity index is 389. The molecule has 0 radical (unpaired) electrons. The van der Waals surface area contributed by atoms with Gasteiger partial charge in [-0.15, -0.1) is 0 Å². The van der Waals surface area contributed by atoms with Crippen LogP contribution in [0.25, 0.3) is 0 Å². The van der Waals surface area contributed by atoms with Crippen molar-refractivity contribution in [1.82, 2.24) is 9.97 Å². The van der Waals surface area contributed by atoms with E-state index < -0.39 is 11.2 Å². The lowest BCUT2D eigenvalue weighted by Gasteiger charge is -2.10. The molecule has 0 bridgehead atoms. The van der Waals surface area contributed by atoms with Crippen LogP contribution in [0.15, 0.2) is 20.8 Å². The molecule has 0 unspecified atom stereocenters. The summed E-state index contributed by atoms with van der Waals surface area (Å²) >= 11 is 0. The highest BCUT2D eigenvalue weighted by Gasteiger charge is 1.99. The maximum Gasteiger partial charge on any atom is 0.327 e. The van der Waals surface area contributed by atoms with E-state index in [1.807, 2.05) is 0 Å². The number of aromatic amines is 2. The zero-order chi connectivity index (χ0) is 9.84. The normalized spacial score (nSPS) is 10.6. The molecule has 1 aromatic rings. The van der Waals surface area contributed by atoms with E-state index in [1.54, 1.807) is 20.2 Å². The van der Waals surface area contributed by atoms with Gasteiger partial charge in [-0.3, -0.25) is 19.8 Å². The highest BCUT2D eigenvalue weighted by Crippen LogP contribution is 2.00.